The van der Waals surface area contributed by atoms with Crippen LogP contribution in [0.15, 0.2) is 58.2 Å². The van der Waals surface area contributed by atoms with Crippen molar-refractivity contribution in [3.05, 3.63) is 63.8 Å². The van der Waals surface area contributed by atoms with Gasteiger partial charge in [-0.15, -0.1) is 5.10 Å². The number of halogens is 1. The summed E-state index contributed by atoms with van der Waals surface area (Å²) in [4.78, 5) is 16.9. The van der Waals surface area contributed by atoms with Crippen LogP contribution in [0.25, 0.3) is 11.4 Å². The van der Waals surface area contributed by atoms with Crippen molar-refractivity contribution < 1.29 is 14.3 Å². The Hall–Kier alpha value is -3.33. The molecular formula is C21H20BrN5O3. The minimum absolute atomic E-state index is 0.435. The summed E-state index contributed by atoms with van der Waals surface area (Å²) in [6, 6.07) is 12.6. The van der Waals surface area contributed by atoms with E-state index in [4.69, 9.17) is 20.3 Å². The second-order valence-corrected chi connectivity index (χ2v) is 7.67. The molecule has 0 fully saturated rings. The lowest BCUT2D eigenvalue weighted by molar-refractivity contribution is -0.115. The van der Waals surface area contributed by atoms with Crippen LogP contribution in [-0.4, -0.2) is 34.9 Å². The average Bonchev–Trinajstić information content (AvgIpc) is 3.15. The Balaban J connectivity index is 1.86. The van der Waals surface area contributed by atoms with Crippen LogP contribution in [-0.2, 0) is 4.79 Å². The van der Waals surface area contributed by atoms with Gasteiger partial charge in [0.05, 0.1) is 19.8 Å². The minimum atomic E-state index is -0.515. The van der Waals surface area contributed by atoms with Gasteiger partial charge in [-0.2, -0.15) is 4.98 Å². The maximum absolute atomic E-state index is 12.3. The number of rotatable bonds is 5. The standard InChI is InChI=1S/C21H20BrN5O3/c1-11-17(19(23)28)18(12-5-4-6-14(22)9-12)27-21(24-11)25-20(26-27)13-7-8-15(29-2)16(10-13)30-3/h4-10,18H,1-3H3,(H2,23,28)(H,24,25,26). The van der Waals surface area contributed by atoms with Crippen molar-refractivity contribution in [1.29, 1.82) is 0 Å². The molecule has 1 aromatic heterocycles. The number of carbonyl (C=O) groups is 1. The number of hydrogen-bond donors (Lipinski definition) is 2. The fraction of sp³-hybridized carbons (Fsp3) is 0.190. The average molecular weight is 470 g/mol. The van der Waals surface area contributed by atoms with Crippen molar-refractivity contribution >= 4 is 27.8 Å². The number of ether oxygens (including phenoxy) is 2. The Morgan fingerprint density at radius 2 is 1.93 bits per heavy atom. The van der Waals surface area contributed by atoms with Gasteiger partial charge in [-0.05, 0) is 42.8 Å². The fourth-order valence-corrected chi connectivity index (χ4v) is 3.97. The van der Waals surface area contributed by atoms with E-state index >= 15 is 0 Å². The van der Waals surface area contributed by atoms with Gasteiger partial charge < -0.3 is 20.5 Å². The number of hydrogen-bond acceptors (Lipinski definition) is 6. The Kier molecular flexibility index (Phi) is 5.21. The lowest BCUT2D eigenvalue weighted by atomic mass is 9.95. The van der Waals surface area contributed by atoms with E-state index < -0.39 is 11.9 Å². The van der Waals surface area contributed by atoms with Crippen LogP contribution in [0.1, 0.15) is 18.5 Å². The number of fused-ring (bicyclic) bond motifs is 1. The summed E-state index contributed by atoms with van der Waals surface area (Å²) >= 11 is 3.49. The highest BCUT2D eigenvalue weighted by atomic mass is 79.9. The molecule has 0 saturated carbocycles. The van der Waals surface area contributed by atoms with Crippen LogP contribution in [0.4, 0.5) is 5.95 Å². The number of nitrogens with one attached hydrogen (secondary N) is 1. The maximum atomic E-state index is 12.3. The SMILES string of the molecule is COc1ccc(-c2nc3n(n2)C(c2cccc(Br)c2)C(C(N)=O)=C(C)N3)cc1OC. The summed E-state index contributed by atoms with van der Waals surface area (Å²) in [6.07, 6.45) is 0. The Morgan fingerprint density at radius 1 is 1.17 bits per heavy atom. The molecule has 3 aromatic rings. The highest BCUT2D eigenvalue weighted by Gasteiger charge is 2.33. The molecule has 0 aliphatic carbocycles. The van der Waals surface area contributed by atoms with Gasteiger partial charge >= 0.3 is 0 Å². The Bertz CT molecular complexity index is 1170. The maximum Gasteiger partial charge on any atom is 0.248 e. The van der Waals surface area contributed by atoms with E-state index in [2.05, 4.69) is 26.2 Å². The molecule has 9 heteroatoms. The molecule has 8 nitrogen and oxygen atoms in total. The van der Waals surface area contributed by atoms with Gasteiger partial charge in [-0.1, -0.05) is 28.1 Å². The van der Waals surface area contributed by atoms with E-state index in [-0.39, 0.29) is 0 Å². The summed E-state index contributed by atoms with van der Waals surface area (Å²) in [6.45, 7) is 1.80. The normalized spacial score (nSPS) is 15.4. The van der Waals surface area contributed by atoms with E-state index in [1.807, 2.05) is 36.4 Å². The zero-order valence-electron chi connectivity index (χ0n) is 16.6. The molecule has 154 valence electrons. The fourth-order valence-electron chi connectivity index (χ4n) is 3.55. The number of primary amides is 1. The molecule has 1 atom stereocenters. The monoisotopic (exact) mass is 469 g/mol. The van der Waals surface area contributed by atoms with Gasteiger partial charge in [0.2, 0.25) is 11.9 Å². The van der Waals surface area contributed by atoms with Gasteiger partial charge in [0.1, 0.15) is 6.04 Å². The summed E-state index contributed by atoms with van der Waals surface area (Å²) in [7, 11) is 3.15. The van der Waals surface area contributed by atoms with Gasteiger partial charge in [0.25, 0.3) is 0 Å². The van der Waals surface area contributed by atoms with Crippen LogP contribution in [0.2, 0.25) is 0 Å². The molecule has 3 N–H and O–H groups in total. The predicted octanol–water partition coefficient (Wildman–Crippen LogP) is 3.50. The summed E-state index contributed by atoms with van der Waals surface area (Å²) in [5, 5.41) is 7.84. The molecule has 1 aliphatic rings. The van der Waals surface area contributed by atoms with E-state index in [0.29, 0.717) is 34.5 Å². The second-order valence-electron chi connectivity index (χ2n) is 6.76. The highest BCUT2D eigenvalue weighted by Crippen LogP contribution is 2.38. The van der Waals surface area contributed by atoms with Crippen molar-refractivity contribution in [2.45, 2.75) is 13.0 Å². The number of anilines is 1. The third kappa shape index (κ3) is 3.41. The minimum Gasteiger partial charge on any atom is -0.493 e. The zero-order chi connectivity index (χ0) is 21.4. The number of nitrogens with zero attached hydrogens (tertiary/aromatic N) is 3. The molecule has 0 saturated heterocycles. The number of methoxy groups -OCH3 is 2. The van der Waals surface area contributed by atoms with Crippen LogP contribution in [0.5, 0.6) is 11.5 Å². The first kappa shape index (κ1) is 20.0. The van der Waals surface area contributed by atoms with Gasteiger partial charge in [0.15, 0.2) is 17.3 Å². The lowest BCUT2D eigenvalue weighted by Gasteiger charge is -2.27. The number of benzene rings is 2. The van der Waals surface area contributed by atoms with Crippen molar-refractivity contribution in [2.75, 3.05) is 19.5 Å². The largest absolute Gasteiger partial charge is 0.493 e. The van der Waals surface area contributed by atoms with Crippen molar-refractivity contribution in [1.82, 2.24) is 14.8 Å². The second kappa shape index (κ2) is 7.83. The van der Waals surface area contributed by atoms with Crippen LogP contribution in [0.3, 0.4) is 0 Å². The topological polar surface area (TPSA) is 104 Å². The molecule has 4 rings (SSSR count). The molecule has 1 aliphatic heterocycles. The first-order valence-electron chi connectivity index (χ1n) is 9.15. The Morgan fingerprint density at radius 3 is 2.60 bits per heavy atom. The number of amides is 1. The zero-order valence-corrected chi connectivity index (χ0v) is 18.2. The molecule has 30 heavy (non-hydrogen) atoms. The number of carbonyl (C=O) groups excluding carboxylic acids is 1. The predicted molar refractivity (Wildman–Crippen MR) is 116 cm³/mol. The molecule has 0 spiro atoms. The molecule has 1 amide bonds. The summed E-state index contributed by atoms with van der Waals surface area (Å²) in [5.41, 5.74) is 8.42. The molecule has 0 radical (unpaired) electrons. The van der Waals surface area contributed by atoms with Crippen molar-refractivity contribution in [3.63, 3.8) is 0 Å². The molecule has 0 bridgehead atoms. The van der Waals surface area contributed by atoms with Crippen LogP contribution >= 0.6 is 15.9 Å². The Labute approximate surface area is 181 Å². The van der Waals surface area contributed by atoms with Gasteiger partial charge in [-0.3, -0.25) is 4.79 Å². The number of allylic oxidation sites excluding steroid dienone is 1. The quantitative estimate of drug-likeness (QED) is 0.592. The molecule has 2 aromatic carbocycles. The van der Waals surface area contributed by atoms with Gasteiger partial charge in [-0.25, -0.2) is 4.68 Å². The first-order chi connectivity index (χ1) is 14.4. The van der Waals surface area contributed by atoms with E-state index in [0.717, 1.165) is 15.6 Å². The summed E-state index contributed by atoms with van der Waals surface area (Å²) in [5.74, 6) is 1.68. The van der Waals surface area contributed by atoms with E-state index in [9.17, 15) is 4.79 Å². The van der Waals surface area contributed by atoms with Crippen molar-refractivity contribution in [3.8, 4) is 22.9 Å². The highest BCUT2D eigenvalue weighted by molar-refractivity contribution is 9.10. The van der Waals surface area contributed by atoms with Crippen LogP contribution < -0.4 is 20.5 Å². The number of nitrogens with two attached hydrogens (primary N) is 1. The van der Waals surface area contributed by atoms with E-state index in [1.165, 1.54) is 0 Å². The molecule has 1 unspecified atom stereocenters. The van der Waals surface area contributed by atoms with E-state index in [1.54, 1.807) is 31.9 Å². The molecule has 2 heterocycles. The first-order valence-corrected chi connectivity index (χ1v) is 9.94. The number of aromatic nitrogens is 3. The summed E-state index contributed by atoms with van der Waals surface area (Å²) < 4.78 is 13.3. The lowest BCUT2D eigenvalue weighted by Crippen LogP contribution is -2.31. The van der Waals surface area contributed by atoms with Gasteiger partial charge in [0, 0.05) is 15.7 Å². The van der Waals surface area contributed by atoms with Crippen molar-refractivity contribution in [2.24, 2.45) is 5.73 Å². The smallest absolute Gasteiger partial charge is 0.248 e. The third-order valence-corrected chi connectivity index (χ3v) is 5.42. The van der Waals surface area contributed by atoms with Crippen LogP contribution in [0, 0.1) is 0 Å². The molecular weight excluding hydrogens is 450 g/mol. The third-order valence-electron chi connectivity index (χ3n) is 4.92.